The molecule has 0 saturated carbocycles. The lowest BCUT2D eigenvalue weighted by Gasteiger charge is -2.34. The summed E-state index contributed by atoms with van der Waals surface area (Å²) in [4.78, 5) is 6.52. The number of nitrogens with one attached hydrogen (secondary N) is 1. The van der Waals surface area contributed by atoms with Gasteiger partial charge in [-0.05, 0) is 33.6 Å². The van der Waals surface area contributed by atoms with Gasteiger partial charge in [0.25, 0.3) is 0 Å². The summed E-state index contributed by atoms with van der Waals surface area (Å²) >= 11 is 0. The molecule has 0 amide bonds. The molecule has 0 aromatic carbocycles. The second kappa shape index (κ2) is 6.04. The van der Waals surface area contributed by atoms with Crippen LogP contribution in [0.15, 0.2) is 12.4 Å². The van der Waals surface area contributed by atoms with E-state index in [1.54, 1.807) is 20.0 Å². The fourth-order valence-corrected chi connectivity index (χ4v) is 3.71. The maximum absolute atomic E-state index is 12.1. The summed E-state index contributed by atoms with van der Waals surface area (Å²) in [5.74, 6) is 1.55. The molecule has 3 rings (SSSR count). The molecule has 1 aliphatic rings. The largest absolute Gasteiger partial charge is 0.352 e. The minimum atomic E-state index is -3.27. The molecule has 1 saturated heterocycles. The number of hydrogen-bond acceptors (Lipinski definition) is 6. The standard InChI is InChI=1S/C14H22N6O2S/c1-10(2)23(21,22)18-12-5-4-7-19(9-12)13-14-17-16-11(3)20(14)8-6-15-13/h6,8,10,12,18H,4-5,7,9H2,1-3H3. The Balaban J connectivity index is 1.83. The van der Waals surface area contributed by atoms with Crippen LogP contribution in [0, 0.1) is 6.92 Å². The summed E-state index contributed by atoms with van der Waals surface area (Å²) in [5, 5.41) is 7.85. The Hall–Kier alpha value is -1.74. The van der Waals surface area contributed by atoms with Crippen LogP contribution in [0.4, 0.5) is 5.82 Å². The first kappa shape index (κ1) is 16.1. The molecule has 1 atom stereocenters. The van der Waals surface area contributed by atoms with Crippen molar-refractivity contribution in [1.82, 2.24) is 24.3 Å². The highest BCUT2D eigenvalue weighted by Gasteiger charge is 2.27. The lowest BCUT2D eigenvalue weighted by atomic mass is 10.1. The smallest absolute Gasteiger partial charge is 0.214 e. The normalized spacial score (nSPS) is 19.7. The number of fused-ring (bicyclic) bond motifs is 1. The number of nitrogens with zero attached hydrogens (tertiary/aromatic N) is 5. The molecule has 3 heterocycles. The zero-order valence-corrected chi connectivity index (χ0v) is 14.4. The van der Waals surface area contributed by atoms with Crippen molar-refractivity contribution in [1.29, 1.82) is 0 Å². The fraction of sp³-hybridized carbons (Fsp3) is 0.643. The summed E-state index contributed by atoms with van der Waals surface area (Å²) < 4.78 is 28.9. The van der Waals surface area contributed by atoms with Crippen LogP contribution in [0.3, 0.4) is 0 Å². The Morgan fingerprint density at radius 2 is 2.13 bits per heavy atom. The number of piperidine rings is 1. The van der Waals surface area contributed by atoms with Gasteiger partial charge in [-0.3, -0.25) is 4.40 Å². The second-order valence-corrected chi connectivity index (χ2v) is 8.46. The van der Waals surface area contributed by atoms with Crippen LogP contribution in [-0.4, -0.2) is 52.4 Å². The molecule has 1 fully saturated rings. The third-order valence-corrected chi connectivity index (χ3v) is 6.05. The predicted octanol–water partition coefficient (Wildman–Crippen LogP) is 0.729. The van der Waals surface area contributed by atoms with E-state index in [1.807, 2.05) is 17.5 Å². The third kappa shape index (κ3) is 3.16. The van der Waals surface area contributed by atoms with E-state index in [2.05, 4.69) is 24.8 Å². The molecule has 1 unspecified atom stereocenters. The van der Waals surface area contributed by atoms with Gasteiger partial charge >= 0.3 is 0 Å². The molecule has 2 aromatic heterocycles. The first-order valence-electron chi connectivity index (χ1n) is 7.81. The summed E-state index contributed by atoms with van der Waals surface area (Å²) in [5.41, 5.74) is 0.706. The number of rotatable bonds is 4. The zero-order chi connectivity index (χ0) is 16.6. The highest BCUT2D eigenvalue weighted by atomic mass is 32.2. The van der Waals surface area contributed by atoms with Crippen molar-refractivity contribution in [2.45, 2.75) is 44.9 Å². The van der Waals surface area contributed by atoms with Crippen LogP contribution >= 0.6 is 0 Å². The van der Waals surface area contributed by atoms with E-state index in [1.165, 1.54) is 0 Å². The first-order valence-corrected chi connectivity index (χ1v) is 9.35. The van der Waals surface area contributed by atoms with Crippen molar-refractivity contribution < 1.29 is 8.42 Å². The van der Waals surface area contributed by atoms with Gasteiger partial charge in [0.15, 0.2) is 5.82 Å². The molecular weight excluding hydrogens is 316 g/mol. The SMILES string of the molecule is Cc1nnc2c(N3CCCC(NS(=O)(=O)C(C)C)C3)nccn12. The van der Waals surface area contributed by atoms with E-state index in [0.29, 0.717) is 12.2 Å². The van der Waals surface area contributed by atoms with E-state index < -0.39 is 15.3 Å². The number of sulfonamides is 1. The molecular formula is C14H22N6O2S. The fourth-order valence-electron chi connectivity index (χ4n) is 2.79. The maximum Gasteiger partial charge on any atom is 0.214 e. The Morgan fingerprint density at radius 1 is 1.35 bits per heavy atom. The Morgan fingerprint density at radius 3 is 2.87 bits per heavy atom. The number of aromatic nitrogens is 4. The van der Waals surface area contributed by atoms with Gasteiger partial charge in [0.1, 0.15) is 5.82 Å². The molecule has 0 spiro atoms. The number of hydrogen-bond donors (Lipinski definition) is 1. The van der Waals surface area contributed by atoms with Crippen LogP contribution in [0.1, 0.15) is 32.5 Å². The Bertz CT molecular complexity index is 801. The lowest BCUT2D eigenvalue weighted by Crippen LogP contribution is -2.49. The van der Waals surface area contributed by atoms with E-state index in [0.717, 1.165) is 31.0 Å². The molecule has 126 valence electrons. The number of anilines is 1. The van der Waals surface area contributed by atoms with Crippen molar-refractivity contribution in [2.75, 3.05) is 18.0 Å². The van der Waals surface area contributed by atoms with Gasteiger partial charge in [-0.15, -0.1) is 10.2 Å². The van der Waals surface area contributed by atoms with Gasteiger partial charge in [0, 0.05) is 31.5 Å². The first-order chi connectivity index (χ1) is 10.9. The topological polar surface area (TPSA) is 92.5 Å². The van der Waals surface area contributed by atoms with Gasteiger partial charge in [0.05, 0.1) is 5.25 Å². The molecule has 23 heavy (non-hydrogen) atoms. The molecule has 0 aliphatic carbocycles. The third-order valence-electron chi connectivity index (χ3n) is 4.15. The quantitative estimate of drug-likeness (QED) is 0.883. The lowest BCUT2D eigenvalue weighted by molar-refractivity contribution is 0.462. The molecule has 1 aliphatic heterocycles. The van der Waals surface area contributed by atoms with Crippen LogP contribution < -0.4 is 9.62 Å². The predicted molar refractivity (Wildman–Crippen MR) is 87.9 cm³/mol. The minimum Gasteiger partial charge on any atom is -0.352 e. The van der Waals surface area contributed by atoms with Gasteiger partial charge in [-0.1, -0.05) is 0 Å². The summed E-state index contributed by atoms with van der Waals surface area (Å²) in [6.07, 6.45) is 5.29. The highest BCUT2D eigenvalue weighted by molar-refractivity contribution is 7.90. The molecule has 1 N–H and O–H groups in total. The van der Waals surface area contributed by atoms with Gasteiger partial charge in [-0.2, -0.15) is 0 Å². The van der Waals surface area contributed by atoms with Gasteiger partial charge in [-0.25, -0.2) is 18.1 Å². The van der Waals surface area contributed by atoms with Crippen LogP contribution in [-0.2, 0) is 10.0 Å². The van der Waals surface area contributed by atoms with Crippen LogP contribution in [0.25, 0.3) is 5.65 Å². The Labute approximate surface area is 136 Å². The average Bonchev–Trinajstić information content (AvgIpc) is 2.88. The molecule has 2 aromatic rings. The Kier molecular flexibility index (Phi) is 4.24. The van der Waals surface area contributed by atoms with E-state index >= 15 is 0 Å². The summed E-state index contributed by atoms with van der Waals surface area (Å²) in [7, 11) is -3.27. The molecule has 0 bridgehead atoms. The highest BCUT2D eigenvalue weighted by Crippen LogP contribution is 2.22. The van der Waals surface area contributed by atoms with Crippen molar-refractivity contribution >= 4 is 21.5 Å². The van der Waals surface area contributed by atoms with E-state index in [-0.39, 0.29) is 6.04 Å². The summed E-state index contributed by atoms with van der Waals surface area (Å²) in [6.45, 7) is 6.68. The van der Waals surface area contributed by atoms with Gasteiger partial charge < -0.3 is 4.90 Å². The van der Waals surface area contributed by atoms with Crippen LogP contribution in [0.5, 0.6) is 0 Å². The molecule has 0 radical (unpaired) electrons. The molecule has 8 nitrogen and oxygen atoms in total. The zero-order valence-electron chi connectivity index (χ0n) is 13.6. The summed E-state index contributed by atoms with van der Waals surface area (Å²) in [6, 6.07) is -0.109. The van der Waals surface area contributed by atoms with Crippen molar-refractivity contribution in [2.24, 2.45) is 0 Å². The van der Waals surface area contributed by atoms with Crippen LogP contribution in [0.2, 0.25) is 0 Å². The van der Waals surface area contributed by atoms with E-state index in [4.69, 9.17) is 0 Å². The second-order valence-electron chi connectivity index (χ2n) is 6.19. The molecule has 9 heteroatoms. The average molecular weight is 338 g/mol. The monoisotopic (exact) mass is 338 g/mol. The number of aryl methyl sites for hydroxylation is 1. The minimum absolute atomic E-state index is 0.109. The van der Waals surface area contributed by atoms with Crippen molar-refractivity contribution in [3.8, 4) is 0 Å². The maximum atomic E-state index is 12.1. The van der Waals surface area contributed by atoms with Crippen molar-refractivity contribution in [3.63, 3.8) is 0 Å². The van der Waals surface area contributed by atoms with Crippen molar-refractivity contribution in [3.05, 3.63) is 18.2 Å². The van der Waals surface area contributed by atoms with E-state index in [9.17, 15) is 8.42 Å². The van der Waals surface area contributed by atoms with Gasteiger partial charge in [0.2, 0.25) is 15.7 Å².